The number of hydrogen-bond acceptors (Lipinski definition) is 6. The van der Waals surface area contributed by atoms with Crippen LogP contribution in [0.4, 0.5) is 0 Å². The van der Waals surface area contributed by atoms with Crippen molar-refractivity contribution in [2.24, 2.45) is 0 Å². The summed E-state index contributed by atoms with van der Waals surface area (Å²) >= 11 is 6.36. The van der Waals surface area contributed by atoms with Gasteiger partial charge in [-0.3, -0.25) is 14.2 Å². The third-order valence-corrected chi connectivity index (χ3v) is 3.91. The fraction of sp³-hybridized carbons (Fsp3) is 0.273. The minimum absolute atomic E-state index is 0.162. The van der Waals surface area contributed by atoms with Crippen molar-refractivity contribution in [1.29, 1.82) is 0 Å². The van der Waals surface area contributed by atoms with Crippen molar-refractivity contribution in [3.05, 3.63) is 33.3 Å². The predicted octanol–water partition coefficient (Wildman–Crippen LogP) is 1.35. The topological polar surface area (TPSA) is 66.1 Å². The van der Waals surface area contributed by atoms with Crippen molar-refractivity contribution < 1.29 is 9.53 Å². The maximum absolute atomic E-state index is 12.2. The lowest BCUT2D eigenvalue weighted by molar-refractivity contribution is -0.141. The van der Waals surface area contributed by atoms with E-state index in [2.05, 4.69) is 16.3 Å². The molecule has 0 unspecified atom stereocenters. The number of carbonyl (C=O) groups is 1. The summed E-state index contributed by atoms with van der Waals surface area (Å²) in [7, 11) is 1.27. The molecule has 0 aliphatic rings. The van der Waals surface area contributed by atoms with Gasteiger partial charge < -0.3 is 9.30 Å². The summed E-state index contributed by atoms with van der Waals surface area (Å²) in [6.45, 7) is 3.97. The van der Waals surface area contributed by atoms with Gasteiger partial charge in [0.25, 0.3) is 5.56 Å². The van der Waals surface area contributed by atoms with Crippen LogP contribution in [0.25, 0.3) is 10.3 Å². The summed E-state index contributed by atoms with van der Waals surface area (Å²) < 4.78 is 8.44. The van der Waals surface area contributed by atoms with Crippen LogP contribution in [0.1, 0.15) is 0 Å². The van der Waals surface area contributed by atoms with Crippen LogP contribution >= 0.6 is 23.6 Å². The molecule has 2 rings (SSSR count). The first kappa shape index (κ1) is 13.6. The SMILES string of the molecule is C=CCn1c(=S)sc2c(=O)n(CC(=O)OC)cnc21. The van der Waals surface area contributed by atoms with Crippen molar-refractivity contribution in [2.45, 2.75) is 13.1 Å². The summed E-state index contributed by atoms with van der Waals surface area (Å²) in [5.41, 5.74) is 0.218. The Morgan fingerprint density at radius 2 is 2.42 bits per heavy atom. The predicted molar refractivity (Wildman–Crippen MR) is 74.9 cm³/mol. The fourth-order valence-corrected chi connectivity index (χ4v) is 2.89. The fourth-order valence-electron chi connectivity index (χ4n) is 1.58. The second kappa shape index (κ2) is 5.45. The molecule has 0 bridgehead atoms. The molecule has 0 atom stereocenters. The van der Waals surface area contributed by atoms with Gasteiger partial charge in [0.2, 0.25) is 0 Å². The van der Waals surface area contributed by atoms with Crippen LogP contribution in [0.15, 0.2) is 23.8 Å². The highest BCUT2D eigenvalue weighted by atomic mass is 32.1. The van der Waals surface area contributed by atoms with E-state index < -0.39 is 5.97 Å². The van der Waals surface area contributed by atoms with Crippen molar-refractivity contribution >= 4 is 39.9 Å². The Balaban J connectivity index is 2.60. The Labute approximate surface area is 117 Å². The molecule has 2 heterocycles. The van der Waals surface area contributed by atoms with E-state index in [1.165, 1.54) is 29.3 Å². The molecule has 0 aliphatic heterocycles. The minimum atomic E-state index is -0.502. The molecule has 0 spiro atoms. The van der Waals surface area contributed by atoms with Crippen molar-refractivity contribution in [3.63, 3.8) is 0 Å². The van der Waals surface area contributed by atoms with E-state index in [4.69, 9.17) is 12.2 Å². The van der Waals surface area contributed by atoms with Crippen LogP contribution in [0, 0.1) is 3.95 Å². The van der Waals surface area contributed by atoms with E-state index in [9.17, 15) is 9.59 Å². The van der Waals surface area contributed by atoms with E-state index in [0.717, 1.165) is 0 Å². The maximum Gasteiger partial charge on any atom is 0.325 e. The highest BCUT2D eigenvalue weighted by molar-refractivity contribution is 7.73. The third-order valence-electron chi connectivity index (χ3n) is 2.48. The molecule has 100 valence electrons. The molecular formula is C11H11N3O3S2. The molecule has 0 aliphatic carbocycles. The van der Waals surface area contributed by atoms with Crippen LogP contribution in [0.2, 0.25) is 0 Å². The molecule has 8 heteroatoms. The molecule has 6 nitrogen and oxygen atoms in total. The van der Waals surface area contributed by atoms with Crippen molar-refractivity contribution in [3.8, 4) is 0 Å². The van der Waals surface area contributed by atoms with Gasteiger partial charge in [-0.25, -0.2) is 4.98 Å². The number of fused-ring (bicyclic) bond motifs is 1. The molecule has 0 amide bonds. The van der Waals surface area contributed by atoms with Crippen molar-refractivity contribution in [2.75, 3.05) is 7.11 Å². The first-order chi connectivity index (χ1) is 9.08. The lowest BCUT2D eigenvalue weighted by atomic mass is 10.5. The normalized spacial score (nSPS) is 10.6. The number of aromatic nitrogens is 3. The smallest absolute Gasteiger partial charge is 0.325 e. The number of nitrogens with zero attached hydrogens (tertiary/aromatic N) is 3. The van der Waals surface area contributed by atoms with Gasteiger partial charge in [0.15, 0.2) is 9.60 Å². The number of rotatable bonds is 4. The number of hydrogen-bond donors (Lipinski definition) is 0. The van der Waals surface area contributed by atoms with E-state index in [-0.39, 0.29) is 12.1 Å². The number of allylic oxidation sites excluding steroid dienone is 1. The van der Waals surface area contributed by atoms with Crippen LogP contribution in [0.3, 0.4) is 0 Å². The lowest BCUT2D eigenvalue weighted by Gasteiger charge is -2.04. The van der Waals surface area contributed by atoms with E-state index >= 15 is 0 Å². The molecular weight excluding hydrogens is 286 g/mol. The average molecular weight is 297 g/mol. The van der Waals surface area contributed by atoms with Crippen LogP contribution in [0.5, 0.6) is 0 Å². The molecule has 0 aromatic carbocycles. The van der Waals surface area contributed by atoms with Crippen LogP contribution < -0.4 is 5.56 Å². The maximum atomic E-state index is 12.2. The Morgan fingerprint density at radius 1 is 1.68 bits per heavy atom. The van der Waals surface area contributed by atoms with Gasteiger partial charge in [-0.2, -0.15) is 0 Å². The molecule has 0 radical (unpaired) electrons. The van der Waals surface area contributed by atoms with Gasteiger partial charge in [-0.15, -0.1) is 6.58 Å². The molecule has 2 aromatic heterocycles. The number of thiazole rings is 1. The first-order valence-corrected chi connectivity index (χ1v) is 6.57. The molecule has 0 N–H and O–H groups in total. The lowest BCUT2D eigenvalue weighted by Crippen LogP contribution is -2.24. The number of esters is 1. The first-order valence-electron chi connectivity index (χ1n) is 5.35. The molecule has 0 saturated heterocycles. The summed E-state index contributed by atoms with van der Waals surface area (Å²) in [6.07, 6.45) is 3.01. The van der Waals surface area contributed by atoms with E-state index in [0.29, 0.717) is 20.8 Å². The van der Waals surface area contributed by atoms with Crippen molar-refractivity contribution in [1.82, 2.24) is 14.1 Å². The van der Waals surface area contributed by atoms with Crippen LogP contribution in [-0.4, -0.2) is 27.2 Å². The highest BCUT2D eigenvalue weighted by Crippen LogP contribution is 2.17. The zero-order valence-electron chi connectivity index (χ0n) is 10.2. The Kier molecular flexibility index (Phi) is 3.91. The van der Waals surface area contributed by atoms with E-state index in [1.807, 2.05) is 0 Å². The monoisotopic (exact) mass is 297 g/mol. The number of ether oxygens (including phenoxy) is 1. The standard InChI is InChI=1S/C11H11N3O3S2/c1-3-4-14-9-8(19-11(14)18)10(16)13(6-12-9)5-7(15)17-2/h3,6H,1,4-5H2,2H3. The Hall–Kier alpha value is -1.80. The number of carbonyl (C=O) groups excluding carboxylic acids is 1. The molecule has 0 fully saturated rings. The van der Waals surface area contributed by atoms with Gasteiger partial charge >= 0.3 is 5.97 Å². The second-order valence-electron chi connectivity index (χ2n) is 3.67. The van der Waals surface area contributed by atoms with Gasteiger partial charge in [0, 0.05) is 6.54 Å². The zero-order valence-corrected chi connectivity index (χ0v) is 11.8. The second-order valence-corrected chi connectivity index (χ2v) is 5.32. The number of methoxy groups -OCH3 is 1. The van der Waals surface area contributed by atoms with Crippen LogP contribution in [-0.2, 0) is 22.6 Å². The third kappa shape index (κ3) is 2.49. The Bertz CT molecular complexity index is 757. The Morgan fingerprint density at radius 3 is 3.05 bits per heavy atom. The van der Waals surface area contributed by atoms with Gasteiger partial charge in [0.1, 0.15) is 17.6 Å². The zero-order chi connectivity index (χ0) is 14.0. The summed E-state index contributed by atoms with van der Waals surface area (Å²) in [5, 5.41) is 0. The van der Waals surface area contributed by atoms with Gasteiger partial charge in [-0.05, 0) is 12.2 Å². The summed E-state index contributed by atoms with van der Waals surface area (Å²) in [5.74, 6) is -0.502. The van der Waals surface area contributed by atoms with Gasteiger partial charge in [0.05, 0.1) is 7.11 Å². The molecule has 19 heavy (non-hydrogen) atoms. The highest BCUT2D eigenvalue weighted by Gasteiger charge is 2.13. The summed E-state index contributed by atoms with van der Waals surface area (Å²) in [6, 6.07) is 0. The van der Waals surface area contributed by atoms with E-state index in [1.54, 1.807) is 10.6 Å². The molecule has 0 saturated carbocycles. The quantitative estimate of drug-likeness (QED) is 0.484. The minimum Gasteiger partial charge on any atom is -0.468 e. The largest absolute Gasteiger partial charge is 0.468 e. The molecule has 2 aromatic rings. The summed E-state index contributed by atoms with van der Waals surface area (Å²) in [4.78, 5) is 27.6. The average Bonchev–Trinajstić information content (AvgIpc) is 2.71. The van der Waals surface area contributed by atoms with Gasteiger partial charge in [-0.1, -0.05) is 17.4 Å².